The molecule has 0 unspecified atom stereocenters. The van der Waals surface area contributed by atoms with Gasteiger partial charge in [-0.05, 0) is 74.9 Å². The van der Waals surface area contributed by atoms with E-state index in [1.54, 1.807) is 0 Å². The van der Waals surface area contributed by atoms with Crippen molar-refractivity contribution in [3.05, 3.63) is 200 Å². The third-order valence-electron chi connectivity index (χ3n) is 11.7. The number of nitrogens with zero attached hydrogens (tertiary/aromatic N) is 4. The summed E-state index contributed by atoms with van der Waals surface area (Å²) in [6.45, 7) is 15.7. The van der Waals surface area contributed by atoms with Crippen molar-refractivity contribution in [2.75, 3.05) is 9.80 Å². The Bertz CT molecular complexity index is 3070. The second-order valence-corrected chi connectivity index (χ2v) is 17.9. The number of hydrogen-bond acceptors (Lipinski definition) is 4. The van der Waals surface area contributed by atoms with Gasteiger partial charge in [0.15, 0.2) is 0 Å². The molecule has 1 aliphatic rings. The Hall–Kier alpha value is -6.42. The van der Waals surface area contributed by atoms with Crippen LogP contribution in [0.3, 0.4) is 0 Å². The van der Waals surface area contributed by atoms with Crippen LogP contribution >= 0.6 is 0 Å². The Kier molecular flexibility index (Phi) is 10.7. The van der Waals surface area contributed by atoms with Gasteiger partial charge in [0.25, 0.3) is 0 Å². The predicted octanol–water partition coefficient (Wildman–Crippen LogP) is 14.9. The van der Waals surface area contributed by atoms with Crippen molar-refractivity contribution in [1.29, 1.82) is 0 Å². The first-order chi connectivity index (χ1) is 29.5. The van der Waals surface area contributed by atoms with Crippen LogP contribution in [0.2, 0.25) is 0 Å². The monoisotopic (exact) mass is 986 g/mol. The molecule has 10 rings (SSSR count). The minimum absolute atomic E-state index is 0. The minimum Gasteiger partial charge on any atom is -0.509 e. The molecule has 0 saturated heterocycles. The summed E-state index contributed by atoms with van der Waals surface area (Å²) in [4.78, 5) is 9.43. The van der Waals surface area contributed by atoms with E-state index >= 15 is 0 Å². The number of anilines is 4. The summed E-state index contributed by atoms with van der Waals surface area (Å²) in [7, 11) is 0. The van der Waals surface area contributed by atoms with E-state index in [0.717, 1.165) is 67.1 Å². The quantitative estimate of drug-likeness (QED) is 0.149. The summed E-state index contributed by atoms with van der Waals surface area (Å²) in [5, 5.41) is 2.22. The van der Waals surface area contributed by atoms with Crippen molar-refractivity contribution < 1.29 is 25.8 Å². The van der Waals surface area contributed by atoms with Gasteiger partial charge in [-0.2, -0.15) is 6.07 Å². The van der Waals surface area contributed by atoms with Crippen molar-refractivity contribution in [3.8, 4) is 39.6 Å². The second-order valence-electron chi connectivity index (χ2n) is 17.9. The van der Waals surface area contributed by atoms with Crippen LogP contribution in [0.5, 0.6) is 11.5 Å². The van der Waals surface area contributed by atoms with E-state index in [-0.39, 0.29) is 31.9 Å². The maximum atomic E-state index is 6.84. The van der Waals surface area contributed by atoms with Gasteiger partial charge in [0.1, 0.15) is 5.82 Å². The molecule has 0 fully saturated rings. The van der Waals surface area contributed by atoms with Gasteiger partial charge in [-0.1, -0.05) is 150 Å². The van der Waals surface area contributed by atoms with E-state index in [9.17, 15) is 0 Å². The van der Waals surface area contributed by atoms with Crippen molar-refractivity contribution in [2.45, 2.75) is 52.4 Å². The summed E-state index contributed by atoms with van der Waals surface area (Å²) < 4.78 is 9.04. The van der Waals surface area contributed by atoms with Gasteiger partial charge in [-0.3, -0.25) is 0 Å². The van der Waals surface area contributed by atoms with Crippen LogP contribution in [0.1, 0.15) is 52.7 Å². The average molecular weight is 987 g/mol. The van der Waals surface area contributed by atoms with Gasteiger partial charge in [0.05, 0.1) is 0 Å². The van der Waals surface area contributed by atoms with Crippen LogP contribution < -0.4 is 14.5 Å². The molecule has 0 bridgehead atoms. The zero-order chi connectivity index (χ0) is 41.9. The third-order valence-corrected chi connectivity index (χ3v) is 11.7. The van der Waals surface area contributed by atoms with E-state index in [0.29, 0.717) is 11.5 Å². The van der Waals surface area contributed by atoms with Crippen molar-refractivity contribution in [3.63, 3.8) is 0 Å². The van der Waals surface area contributed by atoms with Gasteiger partial charge < -0.3 is 19.1 Å². The summed E-state index contributed by atoms with van der Waals surface area (Å²) in [5.41, 5.74) is 12.9. The number of benzene rings is 7. The third kappa shape index (κ3) is 7.60. The van der Waals surface area contributed by atoms with E-state index in [4.69, 9.17) is 9.72 Å². The number of hydrogen-bond donors (Lipinski definition) is 0. The maximum absolute atomic E-state index is 6.84. The molecule has 62 heavy (non-hydrogen) atoms. The smallest absolute Gasteiger partial charge is 0.135 e. The zero-order valence-corrected chi connectivity index (χ0v) is 38.0. The SMILES string of the molecule is CC(C)(C)c1ccnc(-n2c3[c-]c(Oc4[c-]c(N5[CH-]N(c6cc(C(C)(C)C)ccc6-c6ccccc6)c6ccccc65)cc(-c5ccccc5)c4)ccc3c3ccccc32)c1.[Pt]. The number of ether oxygens (including phenoxy) is 1. The van der Waals surface area contributed by atoms with E-state index in [1.807, 2.05) is 18.3 Å². The largest absolute Gasteiger partial charge is 0.509 e. The fraction of sp³-hybridized carbons (Fsp3) is 0.143. The molecular weight excluding hydrogens is 940 g/mol. The summed E-state index contributed by atoms with van der Waals surface area (Å²) in [5.74, 6) is 2.03. The Balaban J connectivity index is 0.00000490. The standard InChI is InChI=1S/C56H47N4O.Pt/c1-55(2,3)41-25-27-46(39-19-11-8-12-20-39)52(33-41)59-37-58(50-23-15-16-24-51(50)59)43-31-40(38-17-9-7-10-18-38)32-45(35-43)61-44-26-28-48-47-21-13-14-22-49(47)60(53(48)36-44)54-34-42(29-30-57-54)56(4,5)6;/h7-34,37H,1-6H3;/q-3;. The Labute approximate surface area is 379 Å². The molecule has 5 nitrogen and oxygen atoms in total. The first-order valence-corrected chi connectivity index (χ1v) is 21.0. The first kappa shape index (κ1) is 41.0. The number of pyridine rings is 1. The molecular formula is C56H47N4OPt-3. The van der Waals surface area contributed by atoms with Gasteiger partial charge in [-0.25, -0.2) is 4.98 Å². The molecule has 310 valence electrons. The number of para-hydroxylation sites is 3. The topological polar surface area (TPSA) is 33.5 Å². The summed E-state index contributed by atoms with van der Waals surface area (Å²) >= 11 is 0. The normalized spacial score (nSPS) is 12.7. The summed E-state index contributed by atoms with van der Waals surface area (Å²) in [6.07, 6.45) is 1.90. The van der Waals surface area contributed by atoms with Crippen LogP contribution in [0.4, 0.5) is 22.7 Å². The molecule has 0 radical (unpaired) electrons. The number of aromatic nitrogens is 2. The summed E-state index contributed by atoms with van der Waals surface area (Å²) in [6, 6.07) is 65.1. The van der Waals surface area contributed by atoms with Crippen molar-refractivity contribution >= 4 is 44.6 Å². The number of rotatable bonds is 7. The molecule has 9 aromatic rings. The fourth-order valence-corrected chi connectivity index (χ4v) is 8.36. The molecule has 2 aromatic heterocycles. The molecule has 0 spiro atoms. The van der Waals surface area contributed by atoms with Crippen LogP contribution in [-0.4, -0.2) is 9.55 Å². The van der Waals surface area contributed by atoms with Crippen molar-refractivity contribution in [2.24, 2.45) is 0 Å². The van der Waals surface area contributed by atoms with E-state index in [1.165, 1.54) is 16.7 Å². The molecule has 3 heterocycles. The maximum Gasteiger partial charge on any atom is 0.135 e. The molecule has 0 amide bonds. The molecule has 1 aliphatic heterocycles. The molecule has 0 N–H and O–H groups in total. The predicted molar refractivity (Wildman–Crippen MR) is 252 cm³/mol. The van der Waals surface area contributed by atoms with Crippen LogP contribution in [0.15, 0.2) is 170 Å². The Morgan fingerprint density at radius 3 is 1.89 bits per heavy atom. The Morgan fingerprint density at radius 1 is 0.516 bits per heavy atom. The zero-order valence-electron chi connectivity index (χ0n) is 35.8. The van der Waals surface area contributed by atoms with Gasteiger partial charge >= 0.3 is 0 Å². The van der Waals surface area contributed by atoms with Crippen LogP contribution in [0, 0.1) is 18.8 Å². The minimum atomic E-state index is -0.0334. The molecule has 0 saturated carbocycles. The molecule has 6 heteroatoms. The van der Waals surface area contributed by atoms with Crippen molar-refractivity contribution in [1.82, 2.24) is 9.55 Å². The molecule has 0 atom stereocenters. The average Bonchev–Trinajstić information content (AvgIpc) is 3.82. The van der Waals surface area contributed by atoms with Crippen LogP contribution in [-0.2, 0) is 31.9 Å². The fourth-order valence-electron chi connectivity index (χ4n) is 8.36. The second kappa shape index (κ2) is 16.1. The van der Waals surface area contributed by atoms with E-state index in [2.05, 4.69) is 226 Å². The first-order valence-electron chi connectivity index (χ1n) is 21.0. The van der Waals surface area contributed by atoms with E-state index < -0.39 is 0 Å². The van der Waals surface area contributed by atoms with Gasteiger partial charge in [0.2, 0.25) is 0 Å². The number of fused-ring (bicyclic) bond motifs is 4. The van der Waals surface area contributed by atoms with Gasteiger partial charge in [-0.15, -0.1) is 53.6 Å². The van der Waals surface area contributed by atoms with Gasteiger partial charge in [0, 0.05) is 66.9 Å². The molecule has 7 aromatic carbocycles. The Morgan fingerprint density at radius 2 is 1.16 bits per heavy atom. The van der Waals surface area contributed by atoms with Crippen LogP contribution in [0.25, 0.3) is 49.9 Å². The molecule has 0 aliphatic carbocycles.